The van der Waals surface area contributed by atoms with Gasteiger partial charge in [-0.2, -0.15) is 0 Å². The molecule has 2 aliphatic rings. The number of esters is 1. The van der Waals surface area contributed by atoms with Crippen molar-refractivity contribution in [1.82, 2.24) is 15.1 Å². The van der Waals surface area contributed by atoms with Crippen molar-refractivity contribution in [1.29, 1.82) is 0 Å². The van der Waals surface area contributed by atoms with Crippen LogP contribution >= 0.6 is 0 Å². The number of rotatable bonds is 3. The third-order valence-corrected chi connectivity index (χ3v) is 4.95. The van der Waals surface area contributed by atoms with Gasteiger partial charge >= 0.3 is 5.97 Å². The first-order valence-electron chi connectivity index (χ1n) is 8.49. The van der Waals surface area contributed by atoms with Gasteiger partial charge in [0.15, 0.2) is 17.6 Å². The SMILES string of the molecule is COC(=O)[C@@H]1C[C@@H]2[C@@H](CC[C@H](C)N2C(=O)c2ccc(N(C)C)nn2)O1. The molecule has 0 unspecified atom stereocenters. The fraction of sp³-hybridized carbons (Fsp3) is 0.647. The van der Waals surface area contributed by atoms with Crippen LogP contribution in [-0.2, 0) is 14.3 Å². The zero-order valence-electron chi connectivity index (χ0n) is 15.0. The van der Waals surface area contributed by atoms with Gasteiger partial charge in [-0.3, -0.25) is 4.79 Å². The number of likely N-dealkylation sites (tertiary alicyclic amines) is 1. The number of carbonyl (C=O) groups excluding carboxylic acids is 2. The minimum Gasteiger partial charge on any atom is -0.467 e. The highest BCUT2D eigenvalue weighted by atomic mass is 16.6. The molecule has 0 saturated carbocycles. The summed E-state index contributed by atoms with van der Waals surface area (Å²) >= 11 is 0. The zero-order valence-corrected chi connectivity index (χ0v) is 15.0. The lowest BCUT2D eigenvalue weighted by molar-refractivity contribution is -0.153. The van der Waals surface area contributed by atoms with Crippen molar-refractivity contribution >= 4 is 17.7 Å². The lowest BCUT2D eigenvalue weighted by Gasteiger charge is -2.41. The number of fused-ring (bicyclic) bond motifs is 1. The number of hydrogen-bond donors (Lipinski definition) is 0. The van der Waals surface area contributed by atoms with Crippen molar-refractivity contribution in [3.63, 3.8) is 0 Å². The maximum Gasteiger partial charge on any atom is 0.335 e. The Morgan fingerprint density at radius 3 is 2.64 bits per heavy atom. The molecule has 0 N–H and O–H groups in total. The normalized spacial score (nSPS) is 28.4. The Morgan fingerprint density at radius 2 is 2.04 bits per heavy atom. The quantitative estimate of drug-likeness (QED) is 0.749. The summed E-state index contributed by atoms with van der Waals surface area (Å²) in [6, 6.07) is 3.38. The topological polar surface area (TPSA) is 84.9 Å². The smallest absolute Gasteiger partial charge is 0.335 e. The number of piperidine rings is 1. The first-order chi connectivity index (χ1) is 11.9. The van der Waals surface area contributed by atoms with Crippen LogP contribution in [0.15, 0.2) is 12.1 Å². The summed E-state index contributed by atoms with van der Waals surface area (Å²) in [5.74, 6) is 0.134. The molecule has 25 heavy (non-hydrogen) atoms. The van der Waals surface area contributed by atoms with Gasteiger partial charge in [0, 0.05) is 26.6 Å². The molecule has 1 amide bonds. The van der Waals surface area contributed by atoms with Crippen LogP contribution in [0.2, 0.25) is 0 Å². The lowest BCUT2D eigenvalue weighted by Crippen LogP contribution is -2.53. The number of carbonyl (C=O) groups is 2. The average Bonchev–Trinajstić information content (AvgIpc) is 3.04. The van der Waals surface area contributed by atoms with E-state index in [1.165, 1.54) is 7.11 Å². The Morgan fingerprint density at radius 1 is 1.28 bits per heavy atom. The summed E-state index contributed by atoms with van der Waals surface area (Å²) in [5, 5.41) is 8.16. The maximum atomic E-state index is 13.0. The van der Waals surface area contributed by atoms with Gasteiger partial charge in [-0.15, -0.1) is 10.2 Å². The van der Waals surface area contributed by atoms with Gasteiger partial charge in [-0.05, 0) is 31.9 Å². The van der Waals surface area contributed by atoms with E-state index in [0.717, 1.165) is 12.8 Å². The molecular weight excluding hydrogens is 324 g/mol. The van der Waals surface area contributed by atoms with Crippen molar-refractivity contribution in [2.45, 2.75) is 50.5 Å². The number of ether oxygens (including phenoxy) is 2. The molecule has 1 aromatic heterocycles. The number of methoxy groups -OCH3 is 1. The molecule has 0 radical (unpaired) electrons. The summed E-state index contributed by atoms with van der Waals surface area (Å²) in [4.78, 5) is 28.5. The second kappa shape index (κ2) is 6.95. The molecule has 2 aliphatic heterocycles. The largest absolute Gasteiger partial charge is 0.467 e. The van der Waals surface area contributed by atoms with E-state index in [1.807, 2.05) is 25.9 Å². The molecule has 3 rings (SSSR count). The maximum absolute atomic E-state index is 13.0. The number of amides is 1. The van der Waals surface area contributed by atoms with Gasteiger partial charge in [-0.1, -0.05) is 0 Å². The van der Waals surface area contributed by atoms with E-state index in [2.05, 4.69) is 10.2 Å². The second-order valence-electron chi connectivity index (χ2n) is 6.80. The average molecular weight is 348 g/mol. The van der Waals surface area contributed by atoms with E-state index in [4.69, 9.17) is 9.47 Å². The summed E-state index contributed by atoms with van der Waals surface area (Å²) in [5.41, 5.74) is 0.305. The molecule has 1 aromatic rings. The van der Waals surface area contributed by atoms with Crippen molar-refractivity contribution < 1.29 is 19.1 Å². The van der Waals surface area contributed by atoms with E-state index in [-0.39, 0.29) is 30.1 Å². The van der Waals surface area contributed by atoms with Crippen molar-refractivity contribution in [3.05, 3.63) is 17.8 Å². The van der Waals surface area contributed by atoms with Crippen LogP contribution < -0.4 is 4.90 Å². The van der Waals surface area contributed by atoms with Crippen molar-refractivity contribution in [3.8, 4) is 0 Å². The predicted octanol–water partition coefficient (Wildman–Crippen LogP) is 0.866. The highest BCUT2D eigenvalue weighted by molar-refractivity contribution is 5.93. The van der Waals surface area contributed by atoms with E-state index < -0.39 is 6.10 Å². The second-order valence-corrected chi connectivity index (χ2v) is 6.80. The van der Waals surface area contributed by atoms with Gasteiger partial charge in [0.05, 0.1) is 19.3 Å². The van der Waals surface area contributed by atoms with Crippen molar-refractivity contribution in [2.24, 2.45) is 0 Å². The van der Waals surface area contributed by atoms with Gasteiger partial charge in [0.2, 0.25) is 0 Å². The minimum atomic E-state index is -0.609. The zero-order chi connectivity index (χ0) is 18.1. The van der Waals surface area contributed by atoms with Crippen LogP contribution in [0.5, 0.6) is 0 Å². The molecule has 3 heterocycles. The highest BCUT2D eigenvalue weighted by Crippen LogP contribution is 2.36. The molecule has 8 heteroatoms. The van der Waals surface area contributed by atoms with Crippen LogP contribution in [0.3, 0.4) is 0 Å². The van der Waals surface area contributed by atoms with Crippen LogP contribution in [0, 0.1) is 0 Å². The Labute approximate surface area is 147 Å². The predicted molar refractivity (Wildman–Crippen MR) is 90.3 cm³/mol. The molecule has 0 aromatic carbocycles. The Hall–Kier alpha value is -2.22. The molecule has 0 spiro atoms. The molecule has 2 fully saturated rings. The van der Waals surface area contributed by atoms with Crippen LogP contribution in [0.25, 0.3) is 0 Å². The summed E-state index contributed by atoms with van der Waals surface area (Å²) in [7, 11) is 5.08. The van der Waals surface area contributed by atoms with Crippen molar-refractivity contribution in [2.75, 3.05) is 26.1 Å². The molecule has 0 bridgehead atoms. The summed E-state index contributed by atoms with van der Waals surface area (Å²) < 4.78 is 10.6. The monoisotopic (exact) mass is 348 g/mol. The Balaban J connectivity index is 1.81. The van der Waals surface area contributed by atoms with Crippen LogP contribution in [0.1, 0.15) is 36.7 Å². The number of hydrogen-bond acceptors (Lipinski definition) is 7. The Bertz CT molecular complexity index is 649. The van der Waals surface area contributed by atoms with Gasteiger partial charge in [-0.25, -0.2) is 4.79 Å². The fourth-order valence-electron chi connectivity index (χ4n) is 3.60. The molecular formula is C17H24N4O4. The highest BCUT2D eigenvalue weighted by Gasteiger charge is 2.48. The molecule has 136 valence electrons. The van der Waals surface area contributed by atoms with Gasteiger partial charge < -0.3 is 19.3 Å². The van der Waals surface area contributed by atoms with Crippen LogP contribution in [-0.4, -0.2) is 72.5 Å². The third kappa shape index (κ3) is 3.30. The van der Waals surface area contributed by atoms with E-state index >= 15 is 0 Å². The van der Waals surface area contributed by atoms with Gasteiger partial charge in [0.1, 0.15) is 0 Å². The summed E-state index contributed by atoms with van der Waals surface area (Å²) in [6.45, 7) is 2.02. The van der Waals surface area contributed by atoms with E-state index in [1.54, 1.807) is 17.0 Å². The van der Waals surface area contributed by atoms with E-state index in [9.17, 15) is 9.59 Å². The first kappa shape index (κ1) is 17.6. The number of aromatic nitrogens is 2. The molecule has 8 nitrogen and oxygen atoms in total. The lowest BCUT2D eigenvalue weighted by atomic mass is 9.92. The Kier molecular flexibility index (Phi) is 4.89. The first-order valence-corrected chi connectivity index (χ1v) is 8.49. The molecule has 0 aliphatic carbocycles. The van der Waals surface area contributed by atoms with Crippen LogP contribution in [0.4, 0.5) is 5.82 Å². The van der Waals surface area contributed by atoms with Gasteiger partial charge in [0.25, 0.3) is 5.91 Å². The standard InChI is InChI=1S/C17H24N4O4/c1-10-5-7-13-12(9-14(25-13)17(23)24-4)21(10)16(22)11-6-8-15(19-18-11)20(2)3/h6,8,10,12-14H,5,7,9H2,1-4H3/t10-,12+,13+,14-/m0/s1. The summed E-state index contributed by atoms with van der Waals surface area (Å²) in [6.07, 6.45) is 1.36. The molecule has 2 saturated heterocycles. The third-order valence-electron chi connectivity index (χ3n) is 4.95. The fourth-order valence-corrected chi connectivity index (χ4v) is 3.60. The number of nitrogens with zero attached hydrogens (tertiary/aromatic N) is 4. The minimum absolute atomic E-state index is 0.0593. The number of anilines is 1. The van der Waals surface area contributed by atoms with E-state index in [0.29, 0.717) is 17.9 Å². The molecule has 4 atom stereocenters.